The first-order valence-electron chi connectivity index (χ1n) is 18.4. The Morgan fingerprint density at radius 1 is 0.580 bits per heavy atom. The van der Waals surface area contributed by atoms with Gasteiger partial charge < -0.3 is 0 Å². The third-order valence-corrected chi connectivity index (χ3v) is 9.30. The van der Waals surface area contributed by atoms with Gasteiger partial charge in [0, 0.05) is 9.52 Å². The second-order valence-corrected chi connectivity index (χ2v) is 17.8. The molecule has 0 saturated carbocycles. The molecule has 0 aliphatic heterocycles. The fourth-order valence-electron chi connectivity index (χ4n) is 6.76. The Balaban J connectivity index is 0.000000234. The minimum absolute atomic E-state index is 0.826. The van der Waals surface area contributed by atoms with E-state index in [1.807, 2.05) is 0 Å². The van der Waals surface area contributed by atoms with Gasteiger partial charge in [0.15, 0.2) is 0 Å². The molecule has 0 aliphatic rings. The number of unbranched alkanes of at least 4 members (excludes halogenated alkanes) is 2. The maximum absolute atomic E-state index is 4.93. The van der Waals surface area contributed by atoms with Crippen molar-refractivity contribution in [1.29, 1.82) is 0 Å². The molecule has 0 N–H and O–H groups in total. The number of aryl methyl sites for hydroxylation is 6. The molecule has 2 radical (unpaired) electrons. The van der Waals surface area contributed by atoms with Gasteiger partial charge in [-0.25, -0.2) is 0 Å². The summed E-state index contributed by atoms with van der Waals surface area (Å²) < 4.78 is 0. The molecule has 6 rings (SSSR count). The van der Waals surface area contributed by atoms with Gasteiger partial charge >= 0.3 is 37.9 Å². The maximum atomic E-state index is 4.93. The fourth-order valence-corrected chi connectivity index (χ4v) is 6.76. The van der Waals surface area contributed by atoms with E-state index in [2.05, 4.69) is 152 Å². The third-order valence-electron chi connectivity index (χ3n) is 9.30. The van der Waals surface area contributed by atoms with Crippen LogP contribution in [0, 0.1) is 13.8 Å². The molecule has 4 heteroatoms. The normalized spacial score (nSPS) is 10.4. The van der Waals surface area contributed by atoms with Gasteiger partial charge in [0.2, 0.25) is 0 Å². The molecule has 0 amide bonds. The summed E-state index contributed by atoms with van der Waals surface area (Å²) in [7, 11) is 11.0. The Morgan fingerprint density at radius 3 is 1.26 bits per heavy atom. The summed E-state index contributed by atoms with van der Waals surface area (Å²) in [6, 6.07) is 36.4. The van der Waals surface area contributed by atoms with Crippen LogP contribution in [-0.2, 0) is 46.5 Å². The van der Waals surface area contributed by atoms with Crippen LogP contribution in [0.1, 0.15) is 86.8 Å². The third kappa shape index (κ3) is 11.4. The molecular formula is C46H56Cl2SiZr. The van der Waals surface area contributed by atoms with E-state index in [1.54, 1.807) is 0 Å². The summed E-state index contributed by atoms with van der Waals surface area (Å²) in [5, 5.41) is 5.64. The second-order valence-electron chi connectivity index (χ2n) is 13.0. The van der Waals surface area contributed by atoms with Crippen LogP contribution in [0.15, 0.2) is 97.1 Å². The monoisotopic (exact) mass is 796 g/mol. The number of halogens is 2. The predicted molar refractivity (Wildman–Crippen MR) is 225 cm³/mol. The van der Waals surface area contributed by atoms with Gasteiger partial charge in [-0.3, -0.25) is 0 Å². The topological polar surface area (TPSA) is 0 Å². The molecule has 0 atom stereocenters. The Labute approximate surface area is 325 Å². The zero-order chi connectivity index (χ0) is 36.5. The molecule has 0 aliphatic carbocycles. The van der Waals surface area contributed by atoms with Crippen molar-refractivity contribution in [2.75, 3.05) is 0 Å². The molecule has 0 heterocycles. The number of benzene rings is 4. The van der Waals surface area contributed by atoms with Gasteiger partial charge in [-0.2, -0.15) is 12.1 Å². The van der Waals surface area contributed by atoms with Crippen LogP contribution in [0.4, 0.5) is 0 Å². The van der Waals surface area contributed by atoms with Gasteiger partial charge in [0.1, 0.15) is 0 Å². The molecule has 6 aromatic rings. The fraction of sp³-hybridized carbons (Fsp3) is 0.348. The molecule has 0 fully saturated rings. The van der Waals surface area contributed by atoms with Crippen LogP contribution < -0.4 is 0 Å². The number of hydrogen-bond donors (Lipinski definition) is 0. The van der Waals surface area contributed by atoms with E-state index in [1.165, 1.54) is 116 Å². The van der Waals surface area contributed by atoms with Crippen molar-refractivity contribution < 1.29 is 20.8 Å². The van der Waals surface area contributed by atoms with Crippen molar-refractivity contribution in [2.24, 2.45) is 0 Å². The van der Waals surface area contributed by atoms with Crippen LogP contribution in [0.5, 0.6) is 0 Å². The molecule has 0 nitrogen and oxygen atoms in total. The van der Waals surface area contributed by atoms with Crippen LogP contribution in [0.25, 0.3) is 43.8 Å². The first kappa shape index (κ1) is 42.2. The second kappa shape index (κ2) is 22.7. The summed E-state index contributed by atoms with van der Waals surface area (Å²) in [4.78, 5) is 0. The van der Waals surface area contributed by atoms with Crippen molar-refractivity contribution in [2.45, 2.75) is 106 Å². The summed E-state index contributed by atoms with van der Waals surface area (Å²) in [5.74, 6) is 0. The molecular weight excluding hydrogens is 743 g/mol. The number of rotatable bonds is 10. The number of hydrogen-bond acceptors (Lipinski definition) is 0. The molecule has 0 spiro atoms. The van der Waals surface area contributed by atoms with Gasteiger partial charge in [-0.15, -0.1) is 69.1 Å². The Bertz CT molecular complexity index is 1740. The average Bonchev–Trinajstić information content (AvgIpc) is 3.74. The first-order chi connectivity index (χ1) is 24.3. The standard InChI is InChI=1S/2C22H25.C2H6Si.2ClH.Zr/c2*1-4-6-10-17-14-19-13-12-18(5-2)22(21(19)15-17)20-11-8-7-9-16(20)3;1-3-2;;;/h2*7-9,11-15H,4-6,10H2,1-3H3;1-2H3;2*1H;/q2*-1;;;;+4/p-2. The molecule has 0 unspecified atom stereocenters. The predicted octanol–water partition coefficient (Wildman–Crippen LogP) is 15.0. The molecule has 0 saturated heterocycles. The molecule has 0 aromatic heterocycles. The van der Waals surface area contributed by atoms with Crippen molar-refractivity contribution in [3.05, 3.63) is 130 Å². The van der Waals surface area contributed by atoms with Crippen molar-refractivity contribution >= 4 is 48.1 Å². The van der Waals surface area contributed by atoms with E-state index in [4.69, 9.17) is 17.0 Å². The van der Waals surface area contributed by atoms with Crippen LogP contribution in [0.3, 0.4) is 0 Å². The van der Waals surface area contributed by atoms with Gasteiger partial charge in [-0.1, -0.05) is 137 Å². The van der Waals surface area contributed by atoms with Gasteiger partial charge in [0.25, 0.3) is 0 Å². The zero-order valence-electron chi connectivity index (χ0n) is 31.7. The van der Waals surface area contributed by atoms with E-state index in [9.17, 15) is 0 Å². The Hall–Kier alpha value is -2.22. The van der Waals surface area contributed by atoms with E-state index in [0.29, 0.717) is 0 Å². The van der Waals surface area contributed by atoms with Crippen molar-refractivity contribution in [3.63, 3.8) is 0 Å². The molecule has 6 aromatic carbocycles. The van der Waals surface area contributed by atoms with Crippen LogP contribution in [0.2, 0.25) is 13.1 Å². The van der Waals surface area contributed by atoms with Crippen LogP contribution >= 0.6 is 17.0 Å². The average molecular weight is 799 g/mol. The molecule has 50 heavy (non-hydrogen) atoms. The first-order valence-corrected chi connectivity index (χ1v) is 26.7. The summed E-state index contributed by atoms with van der Waals surface area (Å²) in [6.45, 7) is 17.8. The number of fused-ring (bicyclic) bond motifs is 2. The molecule has 262 valence electrons. The van der Waals surface area contributed by atoms with Crippen molar-refractivity contribution in [3.8, 4) is 22.3 Å². The van der Waals surface area contributed by atoms with E-state index < -0.39 is 20.8 Å². The van der Waals surface area contributed by atoms with E-state index >= 15 is 0 Å². The minimum atomic E-state index is -0.826. The summed E-state index contributed by atoms with van der Waals surface area (Å²) in [6.07, 6.45) is 9.61. The van der Waals surface area contributed by atoms with E-state index in [-0.39, 0.29) is 0 Å². The van der Waals surface area contributed by atoms with Crippen LogP contribution in [-0.4, -0.2) is 9.52 Å². The van der Waals surface area contributed by atoms with Crippen molar-refractivity contribution in [1.82, 2.24) is 0 Å². The Kier molecular flexibility index (Phi) is 19.1. The summed E-state index contributed by atoms with van der Waals surface area (Å²) in [5.41, 5.74) is 14.3. The molecule has 0 bridgehead atoms. The Morgan fingerprint density at radius 2 is 0.940 bits per heavy atom. The summed E-state index contributed by atoms with van der Waals surface area (Å²) >= 11 is -0.826. The SMILES string of the molecule is CCCCc1cc2c(-c3ccccc3C)c(CC)ccc2[cH-]1.CCCCc1cc2c(-c3ccccc3C)c(CC)ccc2[cH-]1.C[Si]C.[Cl][Zr+2][Cl]. The van der Waals surface area contributed by atoms with E-state index in [0.717, 1.165) is 22.4 Å². The zero-order valence-corrected chi connectivity index (χ0v) is 36.6. The van der Waals surface area contributed by atoms with Gasteiger partial charge in [0.05, 0.1) is 0 Å². The quantitative estimate of drug-likeness (QED) is 0.0956. The van der Waals surface area contributed by atoms with Gasteiger partial charge in [-0.05, 0) is 61.8 Å².